The fourth-order valence-electron chi connectivity index (χ4n) is 1.84. The van der Waals surface area contributed by atoms with Crippen molar-refractivity contribution in [3.8, 4) is 17.0 Å². The van der Waals surface area contributed by atoms with Crippen LogP contribution >= 0.6 is 15.9 Å². The van der Waals surface area contributed by atoms with Gasteiger partial charge in [0, 0.05) is 5.56 Å². The van der Waals surface area contributed by atoms with Gasteiger partial charge in [0.15, 0.2) is 0 Å². The van der Waals surface area contributed by atoms with Gasteiger partial charge in [0.1, 0.15) is 10.4 Å². The summed E-state index contributed by atoms with van der Waals surface area (Å²) in [5.41, 5.74) is 4.22. The van der Waals surface area contributed by atoms with Gasteiger partial charge in [0.05, 0.1) is 12.3 Å². The number of hydrogen-bond donors (Lipinski definition) is 0. The molecule has 1 aromatic heterocycles. The Kier molecular flexibility index (Phi) is 3.97. The van der Waals surface area contributed by atoms with Crippen molar-refractivity contribution in [3.05, 3.63) is 40.0 Å². The molecule has 0 unspecified atom stereocenters. The van der Waals surface area contributed by atoms with E-state index in [9.17, 15) is 0 Å². The van der Waals surface area contributed by atoms with Crippen LogP contribution in [0.3, 0.4) is 0 Å². The van der Waals surface area contributed by atoms with E-state index in [0.717, 1.165) is 32.7 Å². The molecule has 0 aliphatic heterocycles. The molecule has 0 aliphatic carbocycles. The maximum absolute atomic E-state index is 5.58. The summed E-state index contributed by atoms with van der Waals surface area (Å²) in [7, 11) is 0. The van der Waals surface area contributed by atoms with Gasteiger partial charge in [-0.2, -0.15) is 0 Å². The van der Waals surface area contributed by atoms with Gasteiger partial charge in [-0.05, 0) is 72.1 Å². The van der Waals surface area contributed by atoms with Crippen molar-refractivity contribution in [2.45, 2.75) is 20.8 Å². The zero-order valence-corrected chi connectivity index (χ0v) is 12.3. The van der Waals surface area contributed by atoms with Crippen molar-refractivity contribution >= 4 is 15.9 Å². The summed E-state index contributed by atoms with van der Waals surface area (Å²) in [6, 6.07) is 8.00. The topological polar surface area (TPSA) is 35.0 Å². The summed E-state index contributed by atoms with van der Waals surface area (Å²) in [6.07, 6.45) is 0. The number of aryl methyl sites for hydroxylation is 2. The zero-order valence-electron chi connectivity index (χ0n) is 10.7. The van der Waals surface area contributed by atoms with E-state index in [4.69, 9.17) is 4.74 Å². The van der Waals surface area contributed by atoms with Crippen LogP contribution in [0.2, 0.25) is 0 Å². The second-order valence-corrected chi connectivity index (χ2v) is 4.92. The number of halogens is 1. The van der Waals surface area contributed by atoms with Crippen LogP contribution in [0.5, 0.6) is 5.75 Å². The lowest BCUT2D eigenvalue weighted by Gasteiger charge is -2.11. The Morgan fingerprint density at radius 1 is 1.11 bits per heavy atom. The van der Waals surface area contributed by atoms with Gasteiger partial charge < -0.3 is 4.74 Å². The number of hydrogen-bond acceptors (Lipinski definition) is 3. The molecular weight excluding hydrogens is 292 g/mol. The maximum atomic E-state index is 5.58. The Labute approximate surface area is 115 Å². The van der Waals surface area contributed by atoms with Crippen molar-refractivity contribution < 1.29 is 4.74 Å². The Bertz CT molecular complexity index is 552. The Morgan fingerprint density at radius 2 is 1.89 bits per heavy atom. The van der Waals surface area contributed by atoms with Gasteiger partial charge in [-0.25, -0.2) is 0 Å². The van der Waals surface area contributed by atoms with E-state index in [1.165, 1.54) is 0 Å². The first-order chi connectivity index (χ1) is 8.61. The first kappa shape index (κ1) is 13.0. The highest BCUT2D eigenvalue weighted by atomic mass is 79.9. The van der Waals surface area contributed by atoms with Gasteiger partial charge in [0.25, 0.3) is 0 Å². The third-order valence-electron chi connectivity index (χ3n) is 2.73. The molecule has 0 radical (unpaired) electrons. The van der Waals surface area contributed by atoms with Gasteiger partial charge >= 0.3 is 0 Å². The number of nitrogens with zero attached hydrogens (tertiary/aromatic N) is 2. The smallest absolute Gasteiger partial charge is 0.128 e. The monoisotopic (exact) mass is 306 g/mol. The summed E-state index contributed by atoms with van der Waals surface area (Å²) >= 11 is 3.29. The molecular formula is C14H15BrN2O. The van der Waals surface area contributed by atoms with E-state index in [1.54, 1.807) is 0 Å². The highest BCUT2D eigenvalue weighted by molar-refractivity contribution is 9.10. The van der Waals surface area contributed by atoms with E-state index >= 15 is 0 Å². The summed E-state index contributed by atoms with van der Waals surface area (Å²) in [5.74, 6) is 0.934. The molecule has 0 spiro atoms. The van der Waals surface area contributed by atoms with Crippen LogP contribution in [-0.4, -0.2) is 16.8 Å². The highest BCUT2D eigenvalue weighted by Crippen LogP contribution is 2.29. The third-order valence-corrected chi connectivity index (χ3v) is 3.15. The van der Waals surface area contributed by atoms with E-state index in [-0.39, 0.29) is 0 Å². The lowest BCUT2D eigenvalue weighted by Crippen LogP contribution is -1.97. The highest BCUT2D eigenvalue weighted by Gasteiger charge is 2.08. The number of ether oxygens (including phenoxy) is 1. The van der Waals surface area contributed by atoms with Crippen molar-refractivity contribution in [2.24, 2.45) is 0 Å². The molecule has 94 valence electrons. The molecule has 0 aliphatic rings. The molecule has 0 atom stereocenters. The van der Waals surface area contributed by atoms with Crippen molar-refractivity contribution in [3.63, 3.8) is 0 Å². The van der Waals surface area contributed by atoms with Crippen LogP contribution in [-0.2, 0) is 0 Å². The molecule has 4 heteroatoms. The maximum Gasteiger partial charge on any atom is 0.128 e. The second kappa shape index (κ2) is 5.48. The molecule has 0 saturated carbocycles. The molecule has 0 amide bonds. The molecule has 0 bridgehead atoms. The molecule has 1 aromatic carbocycles. The van der Waals surface area contributed by atoms with Crippen molar-refractivity contribution in [2.75, 3.05) is 6.61 Å². The van der Waals surface area contributed by atoms with E-state index in [2.05, 4.69) is 45.2 Å². The van der Waals surface area contributed by atoms with Crippen LogP contribution in [0.15, 0.2) is 28.9 Å². The average molecular weight is 307 g/mol. The van der Waals surface area contributed by atoms with Crippen LogP contribution in [0.1, 0.15) is 18.1 Å². The SMILES string of the molecule is CCOc1cc(C)c(-c2ccc(Br)nn2)cc1C. The lowest BCUT2D eigenvalue weighted by atomic mass is 10.0. The number of rotatable bonds is 3. The van der Waals surface area contributed by atoms with E-state index < -0.39 is 0 Å². The van der Waals surface area contributed by atoms with Gasteiger partial charge in [-0.3, -0.25) is 0 Å². The molecule has 0 N–H and O–H groups in total. The average Bonchev–Trinajstić information content (AvgIpc) is 2.35. The molecule has 0 fully saturated rings. The molecule has 18 heavy (non-hydrogen) atoms. The fraction of sp³-hybridized carbons (Fsp3) is 0.286. The van der Waals surface area contributed by atoms with Crippen molar-refractivity contribution in [1.29, 1.82) is 0 Å². The Morgan fingerprint density at radius 3 is 2.50 bits per heavy atom. The van der Waals surface area contributed by atoms with Crippen LogP contribution in [0.25, 0.3) is 11.3 Å². The summed E-state index contributed by atoms with van der Waals surface area (Å²) in [4.78, 5) is 0. The lowest BCUT2D eigenvalue weighted by molar-refractivity contribution is 0.337. The summed E-state index contributed by atoms with van der Waals surface area (Å²) in [5, 5.41) is 8.21. The molecule has 2 rings (SSSR count). The second-order valence-electron chi connectivity index (χ2n) is 4.11. The van der Waals surface area contributed by atoms with Crippen LogP contribution in [0, 0.1) is 13.8 Å². The van der Waals surface area contributed by atoms with E-state index in [1.807, 2.05) is 26.0 Å². The van der Waals surface area contributed by atoms with Crippen LogP contribution < -0.4 is 4.74 Å². The minimum Gasteiger partial charge on any atom is -0.494 e. The number of aromatic nitrogens is 2. The third kappa shape index (κ3) is 2.70. The number of benzene rings is 1. The minimum absolute atomic E-state index is 0.678. The molecule has 3 nitrogen and oxygen atoms in total. The first-order valence-corrected chi connectivity index (χ1v) is 6.64. The molecule has 1 heterocycles. The van der Waals surface area contributed by atoms with Crippen molar-refractivity contribution in [1.82, 2.24) is 10.2 Å². The quantitative estimate of drug-likeness (QED) is 0.862. The largest absolute Gasteiger partial charge is 0.494 e. The Hall–Kier alpha value is -1.42. The first-order valence-electron chi connectivity index (χ1n) is 5.85. The minimum atomic E-state index is 0.678. The predicted molar refractivity (Wildman–Crippen MR) is 75.8 cm³/mol. The fourth-order valence-corrected chi connectivity index (χ4v) is 2.05. The predicted octanol–water partition coefficient (Wildman–Crippen LogP) is 3.92. The van der Waals surface area contributed by atoms with Gasteiger partial charge in [-0.1, -0.05) is 0 Å². The summed E-state index contributed by atoms with van der Waals surface area (Å²) in [6.45, 7) is 6.77. The molecule has 0 saturated heterocycles. The normalized spacial score (nSPS) is 10.4. The zero-order chi connectivity index (χ0) is 13.1. The molecule has 2 aromatic rings. The summed E-state index contributed by atoms with van der Waals surface area (Å²) < 4.78 is 6.33. The van der Waals surface area contributed by atoms with Gasteiger partial charge in [-0.15, -0.1) is 10.2 Å². The Balaban J connectivity index is 2.45. The standard InChI is InChI=1S/C14H15BrN2O/c1-4-18-13-8-9(2)11(7-10(13)3)12-5-6-14(15)17-16-12/h5-8H,4H2,1-3H3. The van der Waals surface area contributed by atoms with E-state index in [0.29, 0.717) is 6.61 Å². The van der Waals surface area contributed by atoms with Crippen LogP contribution in [0.4, 0.5) is 0 Å². The van der Waals surface area contributed by atoms with Gasteiger partial charge in [0.2, 0.25) is 0 Å².